The molecule has 0 unspecified atom stereocenters. The average Bonchev–Trinajstić information content (AvgIpc) is 2.31. The quantitative estimate of drug-likeness (QED) is 0.591. The van der Waals surface area contributed by atoms with E-state index in [9.17, 15) is 0 Å². The van der Waals surface area contributed by atoms with Crippen molar-refractivity contribution in [2.75, 3.05) is 13.2 Å². The summed E-state index contributed by atoms with van der Waals surface area (Å²) in [5.41, 5.74) is 1.88. The second-order valence-corrected chi connectivity index (χ2v) is 3.91. The number of aliphatic hydroxyl groups is 1. The molecule has 0 spiro atoms. The summed E-state index contributed by atoms with van der Waals surface area (Å²) in [5.74, 6) is 1.27. The second kappa shape index (κ2) is 7.47. The molecule has 1 N–H and O–H groups in total. The largest absolute Gasteiger partial charge is 0.493 e. The lowest BCUT2D eigenvalue weighted by Gasteiger charge is -2.10. The van der Waals surface area contributed by atoms with Crippen molar-refractivity contribution in [3.8, 4) is 5.75 Å². The van der Waals surface area contributed by atoms with E-state index >= 15 is 0 Å². The van der Waals surface area contributed by atoms with Crippen LogP contribution in [0, 0.1) is 6.92 Å². The van der Waals surface area contributed by atoms with Crippen LogP contribution in [0.15, 0.2) is 12.3 Å². The van der Waals surface area contributed by atoms with Crippen molar-refractivity contribution in [1.29, 1.82) is 0 Å². The van der Waals surface area contributed by atoms with E-state index in [1.165, 1.54) is 0 Å². The van der Waals surface area contributed by atoms with Crippen LogP contribution in [0.4, 0.5) is 0 Å². The molecule has 0 aromatic carbocycles. The Morgan fingerprint density at radius 2 is 2.19 bits per heavy atom. The SMILES string of the molecule is Cc1c(OCCCCCO)ccnc1CCl. The van der Waals surface area contributed by atoms with Gasteiger partial charge < -0.3 is 9.84 Å². The third-order valence-electron chi connectivity index (χ3n) is 2.45. The van der Waals surface area contributed by atoms with Crippen molar-refractivity contribution in [2.45, 2.75) is 32.1 Å². The van der Waals surface area contributed by atoms with Gasteiger partial charge in [-0.25, -0.2) is 0 Å². The molecule has 0 saturated carbocycles. The number of rotatable bonds is 7. The molecule has 1 aromatic rings. The number of hydrogen-bond donors (Lipinski definition) is 1. The second-order valence-electron chi connectivity index (χ2n) is 3.65. The van der Waals surface area contributed by atoms with E-state index in [4.69, 9.17) is 21.4 Å². The van der Waals surface area contributed by atoms with Crippen molar-refractivity contribution in [3.63, 3.8) is 0 Å². The number of halogens is 1. The molecule has 0 amide bonds. The number of pyridine rings is 1. The van der Waals surface area contributed by atoms with Gasteiger partial charge in [0, 0.05) is 18.4 Å². The summed E-state index contributed by atoms with van der Waals surface area (Å²) < 4.78 is 5.65. The maximum absolute atomic E-state index is 8.63. The highest BCUT2D eigenvalue weighted by atomic mass is 35.5. The summed E-state index contributed by atoms with van der Waals surface area (Å²) in [6.07, 6.45) is 4.50. The van der Waals surface area contributed by atoms with E-state index in [1.807, 2.05) is 13.0 Å². The molecule has 1 aromatic heterocycles. The van der Waals surface area contributed by atoms with Gasteiger partial charge in [0.15, 0.2) is 0 Å². The van der Waals surface area contributed by atoms with E-state index < -0.39 is 0 Å². The summed E-state index contributed by atoms with van der Waals surface area (Å²) in [4.78, 5) is 4.17. The molecular weight excluding hydrogens is 226 g/mol. The smallest absolute Gasteiger partial charge is 0.125 e. The molecule has 0 atom stereocenters. The number of aromatic nitrogens is 1. The monoisotopic (exact) mass is 243 g/mol. The van der Waals surface area contributed by atoms with Gasteiger partial charge >= 0.3 is 0 Å². The highest BCUT2D eigenvalue weighted by Gasteiger charge is 2.04. The predicted octanol–water partition coefficient (Wildman–Crippen LogP) is 2.67. The first-order valence-corrected chi connectivity index (χ1v) is 6.07. The van der Waals surface area contributed by atoms with Crippen LogP contribution in [-0.2, 0) is 5.88 Å². The molecular formula is C12H18ClNO2. The molecule has 3 nitrogen and oxygen atoms in total. The Bertz CT molecular complexity index is 318. The number of hydrogen-bond acceptors (Lipinski definition) is 3. The minimum Gasteiger partial charge on any atom is -0.493 e. The summed E-state index contributed by atoms with van der Waals surface area (Å²) in [5, 5.41) is 8.63. The lowest BCUT2D eigenvalue weighted by atomic mass is 10.2. The summed E-state index contributed by atoms with van der Waals surface area (Å²) in [6.45, 7) is 2.89. The summed E-state index contributed by atoms with van der Waals surface area (Å²) in [6, 6.07) is 1.86. The fourth-order valence-electron chi connectivity index (χ4n) is 1.42. The van der Waals surface area contributed by atoms with Crippen LogP contribution in [0.1, 0.15) is 30.5 Å². The van der Waals surface area contributed by atoms with E-state index in [-0.39, 0.29) is 6.61 Å². The minimum atomic E-state index is 0.255. The topological polar surface area (TPSA) is 42.4 Å². The van der Waals surface area contributed by atoms with E-state index in [1.54, 1.807) is 6.20 Å². The highest BCUT2D eigenvalue weighted by molar-refractivity contribution is 6.17. The Balaban J connectivity index is 2.41. The van der Waals surface area contributed by atoms with Crippen molar-refractivity contribution in [3.05, 3.63) is 23.5 Å². The molecule has 0 saturated heterocycles. The molecule has 0 aliphatic carbocycles. The molecule has 0 aliphatic heterocycles. The zero-order chi connectivity index (χ0) is 11.8. The Hall–Kier alpha value is -0.800. The minimum absolute atomic E-state index is 0.255. The van der Waals surface area contributed by atoms with Gasteiger partial charge in [0.25, 0.3) is 0 Å². The van der Waals surface area contributed by atoms with Crippen molar-refractivity contribution in [2.24, 2.45) is 0 Å². The number of aliphatic hydroxyl groups excluding tert-OH is 1. The van der Waals surface area contributed by atoms with Crippen LogP contribution >= 0.6 is 11.6 Å². The molecule has 0 bridgehead atoms. The Morgan fingerprint density at radius 1 is 1.38 bits per heavy atom. The van der Waals surface area contributed by atoms with Crippen LogP contribution in [-0.4, -0.2) is 23.3 Å². The van der Waals surface area contributed by atoms with Crippen LogP contribution in [0.5, 0.6) is 5.75 Å². The molecule has 1 heterocycles. The first kappa shape index (κ1) is 13.3. The summed E-state index contributed by atoms with van der Waals surface area (Å²) in [7, 11) is 0. The number of nitrogens with zero attached hydrogens (tertiary/aromatic N) is 1. The van der Waals surface area contributed by atoms with Crippen LogP contribution < -0.4 is 4.74 Å². The first-order chi connectivity index (χ1) is 7.79. The van der Waals surface area contributed by atoms with E-state index in [2.05, 4.69) is 4.98 Å². The van der Waals surface area contributed by atoms with Crippen molar-refractivity contribution >= 4 is 11.6 Å². The van der Waals surface area contributed by atoms with Gasteiger partial charge in [-0.1, -0.05) is 0 Å². The van der Waals surface area contributed by atoms with Crippen LogP contribution in [0.3, 0.4) is 0 Å². The van der Waals surface area contributed by atoms with Gasteiger partial charge in [0.05, 0.1) is 18.2 Å². The molecule has 0 radical (unpaired) electrons. The molecule has 0 fully saturated rings. The fourth-order valence-corrected chi connectivity index (χ4v) is 1.69. The Kier molecular flexibility index (Phi) is 6.19. The van der Waals surface area contributed by atoms with Gasteiger partial charge in [0.2, 0.25) is 0 Å². The standard InChI is InChI=1S/C12H18ClNO2/c1-10-11(9-13)14-6-5-12(10)16-8-4-2-3-7-15/h5-6,15H,2-4,7-9H2,1H3. The summed E-state index contributed by atoms with van der Waals surface area (Å²) >= 11 is 5.76. The Morgan fingerprint density at radius 3 is 2.88 bits per heavy atom. The lowest BCUT2D eigenvalue weighted by Crippen LogP contribution is -2.01. The van der Waals surface area contributed by atoms with Gasteiger partial charge in [-0.15, -0.1) is 11.6 Å². The van der Waals surface area contributed by atoms with Gasteiger partial charge in [0.1, 0.15) is 5.75 Å². The van der Waals surface area contributed by atoms with Crippen LogP contribution in [0.2, 0.25) is 0 Å². The maximum atomic E-state index is 8.63. The zero-order valence-corrected chi connectivity index (χ0v) is 10.3. The van der Waals surface area contributed by atoms with Crippen molar-refractivity contribution in [1.82, 2.24) is 4.98 Å². The normalized spacial score (nSPS) is 10.4. The molecule has 90 valence electrons. The van der Waals surface area contributed by atoms with Gasteiger partial charge in [-0.05, 0) is 32.3 Å². The number of ether oxygens (including phenoxy) is 1. The highest BCUT2D eigenvalue weighted by Crippen LogP contribution is 2.20. The molecule has 1 rings (SSSR count). The predicted molar refractivity (Wildman–Crippen MR) is 65.0 cm³/mol. The zero-order valence-electron chi connectivity index (χ0n) is 9.58. The third kappa shape index (κ3) is 3.99. The van der Waals surface area contributed by atoms with Crippen molar-refractivity contribution < 1.29 is 9.84 Å². The van der Waals surface area contributed by atoms with Gasteiger partial charge in [-0.3, -0.25) is 4.98 Å². The average molecular weight is 244 g/mol. The molecule has 4 heteroatoms. The fraction of sp³-hybridized carbons (Fsp3) is 0.583. The Labute approximate surface area is 101 Å². The van der Waals surface area contributed by atoms with E-state index in [0.29, 0.717) is 12.5 Å². The number of unbranched alkanes of at least 4 members (excludes halogenated alkanes) is 2. The number of alkyl halides is 1. The van der Waals surface area contributed by atoms with Gasteiger partial charge in [-0.2, -0.15) is 0 Å². The lowest BCUT2D eigenvalue weighted by molar-refractivity contribution is 0.265. The third-order valence-corrected chi connectivity index (χ3v) is 2.70. The van der Waals surface area contributed by atoms with Crippen LogP contribution in [0.25, 0.3) is 0 Å². The molecule has 16 heavy (non-hydrogen) atoms. The molecule has 0 aliphatic rings. The van der Waals surface area contributed by atoms with E-state index in [0.717, 1.165) is 36.3 Å². The first-order valence-electron chi connectivity index (χ1n) is 5.53. The maximum Gasteiger partial charge on any atom is 0.125 e.